The molecule has 0 radical (unpaired) electrons. The van der Waals surface area contributed by atoms with Crippen LogP contribution in [0.5, 0.6) is 0 Å². The molecule has 0 aromatic carbocycles. The van der Waals surface area contributed by atoms with Crippen LogP contribution in [-0.2, 0) is 31.6 Å². The van der Waals surface area contributed by atoms with Crippen molar-refractivity contribution < 1.29 is 60.6 Å². The number of rotatable bonds is 9. The molecule has 0 amide bonds. The van der Waals surface area contributed by atoms with Gasteiger partial charge < -0.3 is 29.4 Å². The van der Waals surface area contributed by atoms with Crippen LogP contribution in [0.25, 0.3) is 0 Å². The lowest BCUT2D eigenvalue weighted by Crippen LogP contribution is -2.47. The van der Waals surface area contributed by atoms with Crippen LogP contribution in [0.15, 0.2) is 21.9 Å². The highest BCUT2D eigenvalue weighted by Gasteiger charge is 2.57. The van der Waals surface area contributed by atoms with Gasteiger partial charge in [0.25, 0.3) is 5.56 Å². The van der Waals surface area contributed by atoms with Gasteiger partial charge in [0.05, 0.1) is 12.5 Å². The molecule has 1 saturated heterocycles. The van der Waals surface area contributed by atoms with E-state index >= 15 is 0 Å². The molecule has 1 aromatic rings. The van der Waals surface area contributed by atoms with Crippen LogP contribution in [-0.4, -0.2) is 64.6 Å². The van der Waals surface area contributed by atoms with Crippen LogP contribution in [0.2, 0.25) is 0 Å². The van der Waals surface area contributed by atoms with Gasteiger partial charge in [-0.05, 0) is 0 Å². The molecule has 178 valence electrons. The zero-order valence-electron chi connectivity index (χ0n) is 14.8. The fourth-order valence-electron chi connectivity index (χ4n) is 2.42. The SMILES string of the molecule is O=c1ccn([C@@H]2O[C@](CCl)(COP(=O)(O)OP(=O)(O)OP(=O)(O)O)[C@@H](O)[C@H]2F)c(=O)[nH]1. The summed E-state index contributed by atoms with van der Waals surface area (Å²) >= 11 is 5.67. The summed E-state index contributed by atoms with van der Waals surface area (Å²) in [6, 6.07) is 0.844. The number of nitrogens with one attached hydrogen (secondary N) is 1. The second kappa shape index (κ2) is 9.23. The van der Waals surface area contributed by atoms with Gasteiger partial charge in [0, 0.05) is 12.3 Å². The van der Waals surface area contributed by atoms with Gasteiger partial charge in [-0.2, -0.15) is 8.62 Å². The first-order chi connectivity index (χ1) is 14.0. The lowest BCUT2D eigenvalue weighted by molar-refractivity contribution is -0.113. The molecular formula is C10H15ClFN2O14P3. The number of hydrogen-bond donors (Lipinski definition) is 6. The number of halogens is 2. The molecule has 6 atom stereocenters. The van der Waals surface area contributed by atoms with Crippen molar-refractivity contribution in [3.63, 3.8) is 0 Å². The van der Waals surface area contributed by atoms with E-state index in [1.54, 1.807) is 0 Å². The summed E-state index contributed by atoms with van der Waals surface area (Å²) in [6.45, 7) is -1.27. The number of aromatic nitrogens is 2. The number of phosphoric acid groups is 3. The molecule has 1 aliphatic rings. The molecule has 16 nitrogen and oxygen atoms in total. The summed E-state index contributed by atoms with van der Waals surface area (Å²) < 4.78 is 65.5. The summed E-state index contributed by atoms with van der Waals surface area (Å²) in [7, 11) is -17.1. The largest absolute Gasteiger partial charge is 0.490 e. The first-order valence-corrected chi connectivity index (χ1v) is 12.7. The van der Waals surface area contributed by atoms with Crippen LogP contribution in [0, 0.1) is 0 Å². The second-order valence-corrected chi connectivity index (χ2v) is 10.7. The van der Waals surface area contributed by atoms with Gasteiger partial charge in [0.1, 0.15) is 11.7 Å². The van der Waals surface area contributed by atoms with Gasteiger partial charge in [-0.25, -0.2) is 22.9 Å². The Labute approximate surface area is 175 Å². The molecule has 1 aromatic heterocycles. The molecular weight excluding hydrogens is 519 g/mol. The minimum absolute atomic E-state index is 0.550. The van der Waals surface area contributed by atoms with E-state index in [0.717, 1.165) is 12.3 Å². The van der Waals surface area contributed by atoms with Crippen LogP contribution >= 0.6 is 35.1 Å². The van der Waals surface area contributed by atoms with Gasteiger partial charge in [-0.1, -0.05) is 0 Å². The number of nitrogens with zero attached hydrogens (tertiary/aromatic N) is 1. The highest BCUT2D eigenvalue weighted by Crippen LogP contribution is 2.66. The summed E-state index contributed by atoms with van der Waals surface area (Å²) in [4.78, 5) is 60.4. The predicted molar refractivity (Wildman–Crippen MR) is 95.6 cm³/mol. The lowest BCUT2D eigenvalue weighted by Gasteiger charge is -2.29. The maximum atomic E-state index is 14.6. The molecule has 2 heterocycles. The van der Waals surface area contributed by atoms with Gasteiger partial charge in [0.2, 0.25) is 0 Å². The van der Waals surface area contributed by atoms with Crippen molar-refractivity contribution in [3.8, 4) is 0 Å². The minimum atomic E-state index is -5.82. The zero-order valence-corrected chi connectivity index (χ0v) is 18.2. The van der Waals surface area contributed by atoms with Crippen molar-refractivity contribution in [2.24, 2.45) is 0 Å². The van der Waals surface area contributed by atoms with E-state index in [4.69, 9.17) is 31.0 Å². The Hall–Kier alpha value is -0.770. The van der Waals surface area contributed by atoms with E-state index in [2.05, 4.69) is 13.1 Å². The molecule has 0 spiro atoms. The molecule has 0 bridgehead atoms. The van der Waals surface area contributed by atoms with Crippen LogP contribution in [0.3, 0.4) is 0 Å². The molecule has 21 heteroatoms. The highest BCUT2D eigenvalue weighted by molar-refractivity contribution is 7.66. The van der Waals surface area contributed by atoms with Gasteiger partial charge in [-0.15, -0.1) is 11.6 Å². The van der Waals surface area contributed by atoms with Crippen molar-refractivity contribution in [2.45, 2.75) is 24.1 Å². The first kappa shape index (κ1) is 26.5. The number of H-pyrrole nitrogens is 1. The normalized spacial score (nSPS) is 30.6. The lowest BCUT2D eigenvalue weighted by atomic mass is 9.99. The van der Waals surface area contributed by atoms with E-state index in [1.807, 2.05) is 4.98 Å². The number of ether oxygens (including phenoxy) is 1. The number of phosphoric ester groups is 1. The maximum absolute atomic E-state index is 14.6. The number of aromatic amines is 1. The van der Waals surface area contributed by atoms with Gasteiger partial charge in [-0.3, -0.25) is 18.9 Å². The van der Waals surface area contributed by atoms with Crippen molar-refractivity contribution >= 4 is 35.1 Å². The third kappa shape index (κ3) is 6.62. The summed E-state index contributed by atoms with van der Waals surface area (Å²) in [5, 5.41) is 10.2. The fourth-order valence-corrected chi connectivity index (χ4v) is 5.80. The predicted octanol–water partition coefficient (Wildman–Crippen LogP) is -0.915. The summed E-state index contributed by atoms with van der Waals surface area (Å²) in [5.41, 5.74) is -4.25. The van der Waals surface area contributed by atoms with E-state index in [1.165, 1.54) is 0 Å². The monoisotopic (exact) mass is 534 g/mol. The van der Waals surface area contributed by atoms with E-state index in [0.29, 0.717) is 4.57 Å². The standard InChI is InChI=1S/C10H15ClFN2O14P3/c11-3-10(4-25-30(21,22)28-31(23,24)27-29(18,19)20)7(16)6(12)8(26-10)14-2-1-5(15)13-9(14)17/h1-2,6-8,16H,3-4H2,(H,21,22)(H,23,24)(H,13,15,17)(H2,18,19,20)/t6-,7+,8-,10-/m1/s1. The number of alkyl halides is 2. The van der Waals surface area contributed by atoms with Crippen molar-refractivity contribution in [1.82, 2.24) is 9.55 Å². The van der Waals surface area contributed by atoms with Crippen LogP contribution in [0.4, 0.5) is 4.39 Å². The quantitative estimate of drug-likeness (QED) is 0.166. The number of hydrogen-bond acceptors (Lipinski definition) is 10. The molecule has 1 fully saturated rings. The average Bonchev–Trinajstić information content (AvgIpc) is 2.82. The number of aliphatic hydroxyl groups excluding tert-OH is 1. The smallest absolute Gasteiger partial charge is 0.387 e. The van der Waals surface area contributed by atoms with E-state index < -0.39 is 71.3 Å². The maximum Gasteiger partial charge on any atom is 0.490 e. The zero-order chi connectivity index (χ0) is 23.8. The Morgan fingerprint density at radius 2 is 1.81 bits per heavy atom. The van der Waals surface area contributed by atoms with Gasteiger partial charge >= 0.3 is 29.2 Å². The van der Waals surface area contributed by atoms with Crippen molar-refractivity contribution in [1.29, 1.82) is 0 Å². The molecule has 2 unspecified atom stereocenters. The van der Waals surface area contributed by atoms with Crippen molar-refractivity contribution in [2.75, 3.05) is 12.5 Å². The Kier molecular flexibility index (Phi) is 7.89. The Bertz CT molecular complexity index is 1070. The Morgan fingerprint density at radius 1 is 1.19 bits per heavy atom. The molecule has 1 aliphatic heterocycles. The molecule has 6 N–H and O–H groups in total. The molecule has 0 saturated carbocycles. The second-order valence-electron chi connectivity index (χ2n) is 5.98. The van der Waals surface area contributed by atoms with Crippen LogP contribution < -0.4 is 11.2 Å². The molecule has 2 rings (SSSR count). The highest BCUT2D eigenvalue weighted by atomic mass is 35.5. The average molecular weight is 535 g/mol. The first-order valence-electron chi connectivity index (χ1n) is 7.67. The van der Waals surface area contributed by atoms with E-state index in [9.17, 15) is 37.7 Å². The topological polar surface area (TPSA) is 244 Å². The Balaban J connectivity index is 2.21. The Morgan fingerprint density at radius 3 is 2.32 bits per heavy atom. The summed E-state index contributed by atoms with van der Waals surface area (Å²) in [5.74, 6) is -0.807. The third-order valence-corrected chi connectivity index (χ3v) is 7.94. The summed E-state index contributed by atoms with van der Waals surface area (Å²) in [6.07, 6.45) is -5.58. The van der Waals surface area contributed by atoms with Crippen LogP contribution in [0.1, 0.15) is 6.23 Å². The van der Waals surface area contributed by atoms with Crippen molar-refractivity contribution in [3.05, 3.63) is 33.1 Å². The molecule has 31 heavy (non-hydrogen) atoms. The fraction of sp³-hybridized carbons (Fsp3) is 0.600. The minimum Gasteiger partial charge on any atom is -0.387 e. The molecule has 0 aliphatic carbocycles. The van der Waals surface area contributed by atoms with Gasteiger partial charge in [0.15, 0.2) is 12.4 Å². The number of aliphatic hydroxyl groups is 1. The third-order valence-electron chi connectivity index (χ3n) is 3.71. The van der Waals surface area contributed by atoms with E-state index in [-0.39, 0.29) is 0 Å².